The number of nitrogens with zero attached hydrogens (tertiary/aromatic N) is 2. The van der Waals surface area contributed by atoms with Gasteiger partial charge in [0.05, 0.1) is 25.0 Å². The summed E-state index contributed by atoms with van der Waals surface area (Å²) >= 11 is 4.98. The van der Waals surface area contributed by atoms with Crippen LogP contribution in [0.25, 0.3) is 0 Å². The van der Waals surface area contributed by atoms with Crippen LogP contribution in [0.1, 0.15) is 24.9 Å². The Morgan fingerprint density at radius 2 is 2.14 bits per heavy atom. The third-order valence-corrected chi connectivity index (χ3v) is 5.88. The molecular weight excluding hydrogens is 448 g/mol. The summed E-state index contributed by atoms with van der Waals surface area (Å²) in [6.07, 6.45) is 0.377. The number of halogens is 1. The van der Waals surface area contributed by atoms with E-state index in [1.54, 1.807) is 25.0 Å². The molecule has 0 unspecified atom stereocenters. The maximum Gasteiger partial charge on any atom is 0.338 e. The first-order chi connectivity index (χ1) is 13.5. The molecule has 0 N–H and O–H groups in total. The van der Waals surface area contributed by atoms with Crippen LogP contribution in [0.15, 0.2) is 38.9 Å². The Morgan fingerprint density at radius 1 is 1.36 bits per heavy atom. The summed E-state index contributed by atoms with van der Waals surface area (Å²) in [5.74, 6) is 0.636. The van der Waals surface area contributed by atoms with Crippen LogP contribution in [0.4, 0.5) is 0 Å². The van der Waals surface area contributed by atoms with Crippen LogP contribution >= 0.6 is 27.7 Å². The number of fused-ring (bicyclic) bond motifs is 1. The van der Waals surface area contributed by atoms with Gasteiger partial charge in [-0.3, -0.25) is 9.69 Å². The molecule has 1 aromatic rings. The highest BCUT2D eigenvalue weighted by Crippen LogP contribution is 2.43. The van der Waals surface area contributed by atoms with Crippen LogP contribution in [-0.4, -0.2) is 55.1 Å². The monoisotopic (exact) mass is 468 g/mol. The molecule has 0 radical (unpaired) electrons. The number of ether oxygens (including phenoxy) is 3. The Balaban J connectivity index is 2.13. The Bertz CT molecular complexity index is 855. The van der Waals surface area contributed by atoms with Crippen molar-refractivity contribution < 1.29 is 23.8 Å². The number of hydrogen-bond donors (Lipinski definition) is 0. The van der Waals surface area contributed by atoms with E-state index in [-0.39, 0.29) is 19.1 Å². The van der Waals surface area contributed by atoms with Crippen molar-refractivity contribution in [3.63, 3.8) is 0 Å². The molecule has 1 fully saturated rings. The summed E-state index contributed by atoms with van der Waals surface area (Å²) in [5.41, 5.74) is 1.55. The van der Waals surface area contributed by atoms with Gasteiger partial charge in [0, 0.05) is 29.3 Å². The first-order valence-corrected chi connectivity index (χ1v) is 10.5. The lowest BCUT2D eigenvalue weighted by Gasteiger charge is -2.39. The number of amidine groups is 1. The second-order valence-electron chi connectivity index (χ2n) is 6.17. The number of aliphatic imine (C=N–C) groups is 1. The highest BCUT2D eigenvalue weighted by atomic mass is 79.9. The molecule has 0 aromatic heterocycles. The predicted octanol–water partition coefficient (Wildman–Crippen LogP) is 3.30. The lowest BCUT2D eigenvalue weighted by atomic mass is 9.93. The number of amides is 1. The van der Waals surface area contributed by atoms with Crippen LogP contribution in [0, 0.1) is 0 Å². The topological polar surface area (TPSA) is 77.4 Å². The predicted molar refractivity (Wildman–Crippen MR) is 110 cm³/mol. The molecule has 0 spiro atoms. The summed E-state index contributed by atoms with van der Waals surface area (Å²) in [6.45, 7) is 2.16. The van der Waals surface area contributed by atoms with Crippen LogP contribution in [0.5, 0.6) is 5.75 Å². The fourth-order valence-electron chi connectivity index (χ4n) is 3.17. The maximum absolute atomic E-state index is 12.9. The molecule has 0 aliphatic carbocycles. The smallest absolute Gasteiger partial charge is 0.338 e. The average molecular weight is 469 g/mol. The normalized spacial score (nSPS) is 19.3. The molecule has 7 nitrogen and oxygen atoms in total. The van der Waals surface area contributed by atoms with Crippen molar-refractivity contribution >= 4 is 44.7 Å². The molecule has 0 saturated carbocycles. The largest absolute Gasteiger partial charge is 0.496 e. The van der Waals surface area contributed by atoms with Gasteiger partial charge in [-0.1, -0.05) is 27.7 Å². The van der Waals surface area contributed by atoms with Gasteiger partial charge in [-0.2, -0.15) is 0 Å². The van der Waals surface area contributed by atoms with E-state index in [9.17, 15) is 9.59 Å². The van der Waals surface area contributed by atoms with E-state index in [2.05, 4.69) is 20.9 Å². The molecular formula is C19H21BrN2O5S. The van der Waals surface area contributed by atoms with Crippen molar-refractivity contribution in [2.45, 2.75) is 19.4 Å². The first kappa shape index (κ1) is 20.9. The lowest BCUT2D eigenvalue weighted by molar-refractivity contribution is -0.141. The molecule has 2 aliphatic rings. The van der Waals surface area contributed by atoms with E-state index >= 15 is 0 Å². The molecule has 1 amide bonds. The number of carbonyl (C=O) groups excluding carboxylic acids is 2. The average Bonchev–Trinajstić information content (AvgIpc) is 2.67. The number of carbonyl (C=O) groups is 2. The number of hydrogen-bond acceptors (Lipinski definition) is 7. The molecule has 2 heterocycles. The lowest BCUT2D eigenvalue weighted by Crippen LogP contribution is -2.46. The minimum absolute atomic E-state index is 0.0841. The van der Waals surface area contributed by atoms with Crippen molar-refractivity contribution in [1.29, 1.82) is 0 Å². The van der Waals surface area contributed by atoms with E-state index in [0.29, 0.717) is 39.9 Å². The third kappa shape index (κ3) is 4.11. The Labute approximate surface area is 176 Å². The second kappa shape index (κ2) is 9.11. The van der Waals surface area contributed by atoms with E-state index in [1.165, 1.54) is 18.9 Å². The zero-order chi connectivity index (χ0) is 20.3. The summed E-state index contributed by atoms with van der Waals surface area (Å²) in [4.78, 5) is 31.8. The molecule has 28 heavy (non-hydrogen) atoms. The Kier molecular flexibility index (Phi) is 6.79. The molecule has 0 bridgehead atoms. The van der Waals surface area contributed by atoms with Gasteiger partial charge in [0.2, 0.25) is 5.91 Å². The molecule has 1 atom stereocenters. The fraction of sp³-hybridized carbons (Fsp3) is 0.421. The molecule has 1 saturated heterocycles. The number of esters is 1. The van der Waals surface area contributed by atoms with Crippen molar-refractivity contribution in [3.8, 4) is 5.75 Å². The van der Waals surface area contributed by atoms with Crippen LogP contribution in [-0.2, 0) is 19.1 Å². The van der Waals surface area contributed by atoms with Crippen molar-refractivity contribution in [1.82, 2.24) is 4.90 Å². The highest BCUT2D eigenvalue weighted by molar-refractivity contribution is 9.10. The Morgan fingerprint density at radius 3 is 2.86 bits per heavy atom. The molecule has 1 aromatic carbocycles. The first-order valence-electron chi connectivity index (χ1n) is 8.71. The van der Waals surface area contributed by atoms with E-state index in [0.717, 1.165) is 4.47 Å². The minimum atomic E-state index is -0.671. The van der Waals surface area contributed by atoms with E-state index < -0.39 is 12.0 Å². The van der Waals surface area contributed by atoms with Crippen molar-refractivity contribution in [2.24, 2.45) is 4.99 Å². The standard InChI is InChI=1S/C19H21BrN2O5S/c1-11-16(18(24)27-8-7-25-2)17(13-10-12(20)4-5-14(13)26-3)22-15(23)6-9-28-19(22)21-11/h4-5,10,17H,6-9H2,1-3H3/t17-/m0/s1. The zero-order valence-electron chi connectivity index (χ0n) is 15.9. The van der Waals surface area contributed by atoms with E-state index in [4.69, 9.17) is 14.2 Å². The summed E-state index contributed by atoms with van der Waals surface area (Å²) in [6, 6.07) is 4.83. The summed E-state index contributed by atoms with van der Waals surface area (Å²) < 4.78 is 16.7. The zero-order valence-corrected chi connectivity index (χ0v) is 18.3. The van der Waals surface area contributed by atoms with Gasteiger partial charge < -0.3 is 14.2 Å². The van der Waals surface area contributed by atoms with Gasteiger partial charge in [0.1, 0.15) is 18.4 Å². The van der Waals surface area contributed by atoms with Crippen LogP contribution in [0.3, 0.4) is 0 Å². The quantitative estimate of drug-likeness (QED) is 0.470. The fourth-order valence-corrected chi connectivity index (χ4v) is 4.55. The molecule has 2 aliphatic heterocycles. The number of benzene rings is 1. The molecule has 3 rings (SSSR count). The van der Waals surface area contributed by atoms with E-state index in [1.807, 2.05) is 12.1 Å². The van der Waals surface area contributed by atoms with Crippen molar-refractivity contribution in [3.05, 3.63) is 39.5 Å². The minimum Gasteiger partial charge on any atom is -0.496 e. The maximum atomic E-state index is 12.9. The number of allylic oxidation sites excluding steroid dienone is 1. The number of thioether (sulfide) groups is 1. The second-order valence-corrected chi connectivity index (χ2v) is 8.15. The Hall–Kier alpha value is -1.84. The van der Waals surface area contributed by atoms with Gasteiger partial charge in [-0.25, -0.2) is 9.79 Å². The van der Waals surface area contributed by atoms with Gasteiger partial charge in [-0.15, -0.1) is 0 Å². The van der Waals surface area contributed by atoms with Gasteiger partial charge >= 0.3 is 5.97 Å². The van der Waals surface area contributed by atoms with Crippen LogP contribution in [0.2, 0.25) is 0 Å². The number of methoxy groups -OCH3 is 2. The number of rotatable bonds is 6. The molecule has 150 valence electrons. The van der Waals surface area contributed by atoms with Crippen molar-refractivity contribution in [2.75, 3.05) is 33.2 Å². The SMILES string of the molecule is COCCOC(=O)C1=C(C)N=C2SCCC(=O)N2[C@H]1c1cc(Br)ccc1OC. The molecule has 9 heteroatoms. The van der Waals surface area contributed by atoms with Crippen LogP contribution < -0.4 is 4.74 Å². The summed E-state index contributed by atoms with van der Waals surface area (Å²) in [5, 5.41) is 0.592. The third-order valence-electron chi connectivity index (χ3n) is 4.43. The van der Waals surface area contributed by atoms with Gasteiger partial charge in [0.25, 0.3) is 0 Å². The van der Waals surface area contributed by atoms with Gasteiger partial charge in [-0.05, 0) is 25.1 Å². The summed E-state index contributed by atoms with van der Waals surface area (Å²) in [7, 11) is 3.10. The van der Waals surface area contributed by atoms with Gasteiger partial charge in [0.15, 0.2) is 5.17 Å². The highest BCUT2D eigenvalue weighted by Gasteiger charge is 2.42.